The van der Waals surface area contributed by atoms with E-state index in [1.807, 2.05) is 0 Å². The molecule has 0 amide bonds. The van der Waals surface area contributed by atoms with Gasteiger partial charge in [-0.3, -0.25) is 0 Å². The Kier molecular flexibility index (Phi) is 6.92. The predicted octanol–water partition coefficient (Wildman–Crippen LogP) is 3.23. The number of hydrogen-bond donors (Lipinski definition) is 0. The van der Waals surface area contributed by atoms with Gasteiger partial charge in [0.2, 0.25) is 0 Å². The molecule has 2 heteroatoms. The fourth-order valence-electron chi connectivity index (χ4n) is 3.65. The number of benzene rings is 2. The van der Waals surface area contributed by atoms with E-state index in [0.717, 1.165) is 5.57 Å². The average Bonchev–Trinajstić information content (AvgIpc) is 2.58. The first-order chi connectivity index (χ1) is 11.7. The summed E-state index contributed by atoms with van der Waals surface area (Å²) in [5.41, 5.74) is 8.90. The van der Waals surface area contributed by atoms with Gasteiger partial charge in [0.05, 0.1) is 0 Å². The second-order valence-corrected chi connectivity index (χ2v) is 8.60. The van der Waals surface area contributed by atoms with Crippen molar-refractivity contribution in [1.82, 2.24) is 0 Å². The molecule has 2 aromatic rings. The second-order valence-electron chi connectivity index (χ2n) is 8.31. The molecule has 0 unspecified atom stereocenters. The second kappa shape index (κ2) is 8.11. The molecule has 130 valence electrons. The number of fused-ring (bicyclic) bond motifs is 1. The minimum atomic E-state index is 0. The van der Waals surface area contributed by atoms with Crippen LogP contribution in [0.2, 0.25) is 0 Å². The standard InChI is InChI=1S/C24H28S.K/c1-16-13-21-22(24(5,6)12-11-23(21,3)4)14-20(16)17(2)19-9-7-18(15-25)8-10-19;/h7-14,25H,2,15H2,1,3-6H3;/q;+1/p-1. The molecule has 0 bridgehead atoms. The molecule has 0 nitrogen and oxygen atoms in total. The largest absolute Gasteiger partial charge is 1.00 e. The molecule has 1 aliphatic rings. The molecular weight excluding hydrogens is 359 g/mol. The first kappa shape index (κ1) is 22.2. The maximum atomic E-state index is 5.13. The zero-order chi connectivity index (χ0) is 18.4. The maximum Gasteiger partial charge on any atom is 1.00 e. The third kappa shape index (κ3) is 4.16. The van der Waals surface area contributed by atoms with E-state index in [0.29, 0.717) is 5.75 Å². The predicted molar refractivity (Wildman–Crippen MR) is 112 cm³/mol. The molecule has 0 atom stereocenters. The molecule has 0 spiro atoms. The van der Waals surface area contributed by atoms with Crippen molar-refractivity contribution in [3.63, 3.8) is 0 Å². The first-order valence-electron chi connectivity index (χ1n) is 8.88. The summed E-state index contributed by atoms with van der Waals surface area (Å²) >= 11 is 5.13. The SMILES string of the molecule is C=C(c1ccc(C[S-])cc1)c1cc2c(cc1C)C(C)(C)C=CC2(C)C.[K+]. The quantitative estimate of drug-likeness (QED) is 0.443. The Hall–Kier alpha value is -0.0936. The van der Waals surface area contributed by atoms with Crippen molar-refractivity contribution in [2.75, 3.05) is 0 Å². The Morgan fingerprint density at radius 3 is 1.92 bits per heavy atom. The summed E-state index contributed by atoms with van der Waals surface area (Å²) in [4.78, 5) is 0. The van der Waals surface area contributed by atoms with Crippen LogP contribution in [0, 0.1) is 6.92 Å². The molecule has 26 heavy (non-hydrogen) atoms. The van der Waals surface area contributed by atoms with Crippen molar-refractivity contribution in [2.45, 2.75) is 51.2 Å². The summed E-state index contributed by atoms with van der Waals surface area (Å²) in [7, 11) is 0. The van der Waals surface area contributed by atoms with Gasteiger partial charge in [0, 0.05) is 10.8 Å². The van der Waals surface area contributed by atoms with Crippen LogP contribution in [-0.4, -0.2) is 0 Å². The zero-order valence-corrected chi connectivity index (χ0v) is 20.9. The molecule has 0 saturated heterocycles. The van der Waals surface area contributed by atoms with E-state index < -0.39 is 0 Å². The smallest absolute Gasteiger partial charge is 0.788 e. The van der Waals surface area contributed by atoms with Crippen molar-refractivity contribution < 1.29 is 51.4 Å². The molecule has 0 fully saturated rings. The Morgan fingerprint density at radius 2 is 1.42 bits per heavy atom. The van der Waals surface area contributed by atoms with Crippen molar-refractivity contribution in [3.8, 4) is 0 Å². The summed E-state index contributed by atoms with van der Waals surface area (Å²) < 4.78 is 0. The van der Waals surface area contributed by atoms with Crippen molar-refractivity contribution >= 4 is 18.2 Å². The Balaban J connectivity index is 0.00000243. The number of rotatable bonds is 3. The van der Waals surface area contributed by atoms with Crippen LogP contribution in [0.25, 0.3) is 5.57 Å². The molecule has 1 aliphatic carbocycles. The van der Waals surface area contributed by atoms with Gasteiger partial charge in [0.15, 0.2) is 0 Å². The Morgan fingerprint density at radius 1 is 0.923 bits per heavy atom. The van der Waals surface area contributed by atoms with E-state index in [1.165, 1.54) is 33.4 Å². The van der Waals surface area contributed by atoms with E-state index in [-0.39, 0.29) is 62.2 Å². The van der Waals surface area contributed by atoms with Crippen molar-refractivity contribution in [3.05, 3.63) is 88.5 Å². The fourth-order valence-corrected chi connectivity index (χ4v) is 3.85. The molecule has 0 aliphatic heterocycles. The van der Waals surface area contributed by atoms with Crippen LogP contribution < -0.4 is 51.4 Å². The summed E-state index contributed by atoms with van der Waals surface area (Å²) in [6.45, 7) is 15.8. The monoisotopic (exact) mass is 386 g/mol. The minimum Gasteiger partial charge on any atom is -0.788 e. The average molecular weight is 387 g/mol. The van der Waals surface area contributed by atoms with Gasteiger partial charge in [0.1, 0.15) is 0 Å². The summed E-state index contributed by atoms with van der Waals surface area (Å²) in [5, 5.41) is 0. The van der Waals surface area contributed by atoms with E-state index in [1.54, 1.807) is 0 Å². The summed E-state index contributed by atoms with van der Waals surface area (Å²) in [6.07, 6.45) is 4.69. The van der Waals surface area contributed by atoms with Crippen LogP contribution in [0.1, 0.15) is 61.1 Å². The van der Waals surface area contributed by atoms with Gasteiger partial charge in [-0.1, -0.05) is 82.3 Å². The number of aryl methyl sites for hydroxylation is 1. The number of allylic oxidation sites excluding steroid dienone is 2. The van der Waals surface area contributed by atoms with Gasteiger partial charge in [-0.05, 0) is 46.4 Å². The van der Waals surface area contributed by atoms with Gasteiger partial charge >= 0.3 is 51.4 Å². The van der Waals surface area contributed by atoms with E-state index in [9.17, 15) is 0 Å². The third-order valence-electron chi connectivity index (χ3n) is 5.46. The molecular formula is C24H27KS. The molecule has 0 heterocycles. The van der Waals surface area contributed by atoms with Gasteiger partial charge < -0.3 is 12.6 Å². The molecule has 2 aromatic carbocycles. The molecule has 0 saturated carbocycles. The minimum absolute atomic E-state index is 0. The summed E-state index contributed by atoms with van der Waals surface area (Å²) in [6, 6.07) is 13.2. The van der Waals surface area contributed by atoms with Crippen LogP contribution in [0.15, 0.2) is 55.1 Å². The van der Waals surface area contributed by atoms with Crippen molar-refractivity contribution in [1.29, 1.82) is 0 Å². The van der Waals surface area contributed by atoms with Gasteiger partial charge in [0.25, 0.3) is 0 Å². The summed E-state index contributed by atoms with van der Waals surface area (Å²) in [5.74, 6) is 0.653. The molecule has 0 N–H and O–H groups in total. The zero-order valence-electron chi connectivity index (χ0n) is 16.9. The third-order valence-corrected chi connectivity index (χ3v) is 5.80. The topological polar surface area (TPSA) is 0 Å². The van der Waals surface area contributed by atoms with Crippen LogP contribution in [0.4, 0.5) is 0 Å². The van der Waals surface area contributed by atoms with Crippen molar-refractivity contribution in [2.24, 2.45) is 0 Å². The molecule has 0 radical (unpaired) electrons. The Bertz CT molecular complexity index is 855. The fraction of sp³-hybridized carbons (Fsp3) is 0.333. The number of hydrogen-bond acceptors (Lipinski definition) is 1. The maximum absolute atomic E-state index is 5.13. The van der Waals surface area contributed by atoms with E-state index >= 15 is 0 Å². The normalized spacial score (nSPS) is 16.5. The first-order valence-corrected chi connectivity index (χ1v) is 9.46. The van der Waals surface area contributed by atoms with Crippen LogP contribution in [0.5, 0.6) is 0 Å². The van der Waals surface area contributed by atoms with Gasteiger partial charge in [-0.15, -0.1) is 0 Å². The van der Waals surface area contributed by atoms with E-state index in [2.05, 4.69) is 89.7 Å². The van der Waals surface area contributed by atoms with Crippen LogP contribution in [-0.2, 0) is 29.2 Å². The molecule has 3 rings (SSSR count). The molecule has 0 aromatic heterocycles. The van der Waals surface area contributed by atoms with Gasteiger partial charge in [-0.2, -0.15) is 5.75 Å². The van der Waals surface area contributed by atoms with E-state index in [4.69, 9.17) is 12.6 Å². The Labute approximate surface area is 207 Å². The van der Waals surface area contributed by atoms with Crippen LogP contribution in [0.3, 0.4) is 0 Å². The van der Waals surface area contributed by atoms with Gasteiger partial charge in [-0.25, -0.2) is 0 Å². The van der Waals surface area contributed by atoms with Crippen LogP contribution >= 0.6 is 0 Å².